The second-order valence-corrected chi connectivity index (χ2v) is 12.7. The summed E-state index contributed by atoms with van der Waals surface area (Å²) in [4.78, 5) is 81.9. The Morgan fingerprint density at radius 1 is 0.574 bits per heavy atom. The summed E-state index contributed by atoms with van der Waals surface area (Å²) in [6, 6.07) is 21.8. The van der Waals surface area contributed by atoms with Crippen LogP contribution in [0.5, 0.6) is 11.5 Å². The van der Waals surface area contributed by atoms with Gasteiger partial charge >= 0.3 is 0 Å². The van der Waals surface area contributed by atoms with Gasteiger partial charge < -0.3 is 47.8 Å². The van der Waals surface area contributed by atoms with Gasteiger partial charge in [-0.25, -0.2) is 0 Å². The second kappa shape index (κ2) is 18.0. The predicted octanol–water partition coefficient (Wildman–Crippen LogP) is 0.207. The van der Waals surface area contributed by atoms with E-state index in [-0.39, 0.29) is 42.0 Å². The van der Waals surface area contributed by atoms with Crippen LogP contribution in [0.25, 0.3) is 0 Å². The first-order chi connectivity index (χ1) is 25.9. The number of aromatic hydroxyl groups is 2. The maximum atomic E-state index is 14.1. The van der Waals surface area contributed by atoms with Gasteiger partial charge in [0, 0.05) is 31.5 Å². The summed E-state index contributed by atoms with van der Waals surface area (Å²) < 4.78 is 0. The Kier molecular flexibility index (Phi) is 12.8. The highest BCUT2D eigenvalue weighted by Crippen LogP contribution is 2.15. The molecule has 1 fully saturated rings. The number of hydrogen-bond acceptors (Lipinski definition) is 9. The minimum atomic E-state index is -1.46. The number of nitrogens with one attached hydrogen (secondary N) is 6. The van der Waals surface area contributed by atoms with E-state index < -0.39 is 72.7 Å². The zero-order chi connectivity index (χ0) is 38.6. The number of rotatable bonds is 9. The first-order valence-electron chi connectivity index (χ1n) is 17.2. The largest absolute Gasteiger partial charge is 0.508 e. The van der Waals surface area contributed by atoms with Crippen molar-refractivity contribution < 1.29 is 39.0 Å². The summed E-state index contributed by atoms with van der Waals surface area (Å²) >= 11 is 0. The maximum absolute atomic E-state index is 14.1. The first-order valence-corrected chi connectivity index (χ1v) is 17.2. The van der Waals surface area contributed by atoms with E-state index in [0.29, 0.717) is 16.7 Å². The van der Waals surface area contributed by atoms with E-state index in [0.717, 1.165) is 0 Å². The molecule has 15 heteroatoms. The number of phenols is 2. The van der Waals surface area contributed by atoms with E-state index in [1.807, 2.05) is 0 Å². The molecule has 5 rings (SSSR count). The van der Waals surface area contributed by atoms with E-state index in [2.05, 4.69) is 31.9 Å². The minimum Gasteiger partial charge on any atom is -0.508 e. The van der Waals surface area contributed by atoms with Crippen LogP contribution in [0.15, 0.2) is 103 Å². The number of nitrogens with two attached hydrogens (primary N) is 1. The molecule has 4 aromatic carbocycles. The van der Waals surface area contributed by atoms with Crippen LogP contribution in [0.2, 0.25) is 0 Å². The Morgan fingerprint density at radius 3 is 1.57 bits per heavy atom. The number of anilines is 1. The summed E-state index contributed by atoms with van der Waals surface area (Å²) in [5, 5.41) is 35.4. The van der Waals surface area contributed by atoms with E-state index in [4.69, 9.17) is 5.73 Å². The molecule has 0 aromatic heterocycles. The van der Waals surface area contributed by atoms with E-state index >= 15 is 0 Å². The van der Waals surface area contributed by atoms with Crippen LogP contribution in [-0.4, -0.2) is 82.9 Å². The van der Waals surface area contributed by atoms with Gasteiger partial charge in [0.25, 0.3) is 5.91 Å². The zero-order valence-electron chi connectivity index (χ0n) is 29.1. The molecule has 1 aliphatic heterocycles. The Morgan fingerprint density at radius 2 is 1.02 bits per heavy atom. The molecule has 0 aliphatic carbocycles. The molecule has 0 radical (unpaired) electrons. The van der Waals surface area contributed by atoms with Crippen LogP contribution in [0.1, 0.15) is 27.0 Å². The highest BCUT2D eigenvalue weighted by molar-refractivity contribution is 6.00. The van der Waals surface area contributed by atoms with Crippen LogP contribution < -0.4 is 37.6 Å². The van der Waals surface area contributed by atoms with Crippen molar-refractivity contribution in [3.8, 4) is 11.5 Å². The van der Waals surface area contributed by atoms with Crippen LogP contribution in [0.3, 0.4) is 0 Å². The van der Waals surface area contributed by atoms with Gasteiger partial charge in [0.05, 0.1) is 12.1 Å². The Labute approximate surface area is 310 Å². The molecule has 15 nitrogen and oxygen atoms in total. The molecule has 6 amide bonds. The SMILES string of the molecule is Nc1ccccc1C(=O)NC[C@@H]1NC(=O)[C@H](Cc2ccc(O)cc2)NC(=O)[C@H](Cc2ccc(O)cc2)NC(=O)CNC(=O)[C@@H](Cc2ccccc2)NC1=O. The average Bonchev–Trinajstić information content (AvgIpc) is 3.16. The van der Waals surface area contributed by atoms with E-state index in [9.17, 15) is 39.0 Å². The maximum Gasteiger partial charge on any atom is 0.253 e. The number of carbonyl (C=O) groups is 6. The van der Waals surface area contributed by atoms with Crippen molar-refractivity contribution in [2.24, 2.45) is 0 Å². The van der Waals surface area contributed by atoms with Crippen LogP contribution in [-0.2, 0) is 43.2 Å². The molecule has 54 heavy (non-hydrogen) atoms. The average molecular weight is 736 g/mol. The Balaban J connectivity index is 1.50. The van der Waals surface area contributed by atoms with Gasteiger partial charge in [-0.05, 0) is 53.1 Å². The van der Waals surface area contributed by atoms with Crippen LogP contribution in [0, 0.1) is 0 Å². The molecule has 0 bridgehead atoms. The molecule has 1 heterocycles. The van der Waals surface area contributed by atoms with Crippen molar-refractivity contribution in [1.29, 1.82) is 0 Å². The fraction of sp³-hybridized carbons (Fsp3) is 0.231. The van der Waals surface area contributed by atoms with Gasteiger partial charge in [-0.3, -0.25) is 28.8 Å². The molecule has 0 spiro atoms. The van der Waals surface area contributed by atoms with Gasteiger partial charge in [0.1, 0.15) is 35.7 Å². The number of phenolic OH excluding ortho intramolecular Hbond substituents is 2. The summed E-state index contributed by atoms with van der Waals surface area (Å²) in [6.07, 6.45) is -0.135. The normalized spacial score (nSPS) is 19.8. The smallest absolute Gasteiger partial charge is 0.253 e. The molecule has 0 unspecified atom stereocenters. The van der Waals surface area contributed by atoms with Crippen LogP contribution >= 0.6 is 0 Å². The van der Waals surface area contributed by atoms with Crippen molar-refractivity contribution in [1.82, 2.24) is 31.9 Å². The summed E-state index contributed by atoms with van der Waals surface area (Å²) in [5.41, 5.74) is 8.10. The van der Waals surface area contributed by atoms with Crippen molar-refractivity contribution >= 4 is 41.1 Å². The number of carbonyl (C=O) groups excluding carboxylic acids is 6. The monoisotopic (exact) mass is 735 g/mol. The third kappa shape index (κ3) is 10.8. The molecule has 0 saturated carbocycles. The molecule has 4 atom stereocenters. The number of hydrogen-bond donors (Lipinski definition) is 9. The van der Waals surface area contributed by atoms with Gasteiger partial charge in [0.2, 0.25) is 29.5 Å². The van der Waals surface area contributed by atoms with Gasteiger partial charge in [-0.15, -0.1) is 0 Å². The first kappa shape index (κ1) is 38.3. The van der Waals surface area contributed by atoms with Crippen molar-refractivity contribution in [2.45, 2.75) is 43.4 Å². The number of benzene rings is 4. The lowest BCUT2D eigenvalue weighted by Crippen LogP contribution is -2.60. The Hall–Kier alpha value is -6.90. The number of amides is 6. The lowest BCUT2D eigenvalue weighted by molar-refractivity contribution is -0.133. The standard InChI is InChI=1S/C39H41N7O8/c40-29-9-5-4-8-28(29)35(50)41-21-33-39(54)44-30(18-23-6-2-1-3-7-23)36(51)42-22-34(49)43-31(19-24-10-14-26(47)15-11-24)37(52)45-32(38(53)46-33)20-25-12-16-27(48)17-13-25/h1-17,30-33,47-48H,18-22,40H2,(H,41,50)(H,42,51)(H,43,49)(H,44,54)(H,45,52)(H,46,53)/t30-,31+,32+,33+/m1/s1. The van der Waals surface area contributed by atoms with Gasteiger partial charge in [0.15, 0.2) is 0 Å². The molecule has 1 saturated heterocycles. The minimum absolute atomic E-state index is 0.00570. The predicted molar refractivity (Wildman–Crippen MR) is 198 cm³/mol. The highest BCUT2D eigenvalue weighted by Gasteiger charge is 2.33. The van der Waals surface area contributed by atoms with Crippen molar-refractivity contribution in [2.75, 3.05) is 18.8 Å². The number of nitrogen functional groups attached to an aromatic ring is 1. The third-order valence-electron chi connectivity index (χ3n) is 8.68. The highest BCUT2D eigenvalue weighted by atomic mass is 16.3. The molecule has 4 aromatic rings. The Bertz CT molecular complexity index is 1970. The lowest BCUT2D eigenvalue weighted by Gasteiger charge is -2.26. The summed E-state index contributed by atoms with van der Waals surface area (Å²) in [7, 11) is 0. The van der Waals surface area contributed by atoms with Gasteiger partial charge in [-0.1, -0.05) is 66.7 Å². The van der Waals surface area contributed by atoms with Crippen molar-refractivity contribution in [3.05, 3.63) is 125 Å². The molecule has 1 aliphatic rings. The third-order valence-corrected chi connectivity index (χ3v) is 8.68. The summed E-state index contributed by atoms with van der Waals surface area (Å²) in [5.74, 6) is -4.50. The topological polar surface area (TPSA) is 241 Å². The number of para-hydroxylation sites is 1. The van der Waals surface area contributed by atoms with E-state index in [1.165, 1.54) is 36.4 Å². The second-order valence-electron chi connectivity index (χ2n) is 12.7. The van der Waals surface area contributed by atoms with Crippen molar-refractivity contribution in [3.63, 3.8) is 0 Å². The van der Waals surface area contributed by atoms with Crippen LogP contribution in [0.4, 0.5) is 5.69 Å². The summed E-state index contributed by atoms with van der Waals surface area (Å²) in [6.45, 7) is -0.987. The fourth-order valence-corrected chi connectivity index (χ4v) is 5.77. The zero-order valence-corrected chi connectivity index (χ0v) is 29.1. The van der Waals surface area contributed by atoms with Gasteiger partial charge in [-0.2, -0.15) is 0 Å². The molecule has 10 N–H and O–H groups in total. The molecular weight excluding hydrogens is 694 g/mol. The quantitative estimate of drug-likeness (QED) is 0.107. The molecule has 280 valence electrons. The van der Waals surface area contributed by atoms with E-state index in [1.54, 1.807) is 66.7 Å². The fourth-order valence-electron chi connectivity index (χ4n) is 5.77. The lowest BCUT2D eigenvalue weighted by atomic mass is 10.0. The molecular formula is C39H41N7O8.